The first kappa shape index (κ1) is 18.1. The molecule has 0 saturated heterocycles. The Morgan fingerprint density at radius 1 is 0.947 bits per heavy atom. The lowest BCUT2D eigenvalue weighted by Crippen LogP contribution is -2.18. The van der Waals surface area contributed by atoms with E-state index < -0.39 is 5.97 Å². The number of hydrogen-bond acceptors (Lipinski definition) is 5. The largest absolute Gasteiger partial charge is 0.463 e. The Kier molecular flexibility index (Phi) is 11.5. The van der Waals surface area contributed by atoms with Crippen molar-refractivity contribution in [2.24, 2.45) is 5.92 Å². The van der Waals surface area contributed by atoms with Crippen LogP contribution in [0.15, 0.2) is 0 Å². The van der Waals surface area contributed by atoms with Crippen LogP contribution in [0.5, 0.6) is 0 Å². The summed E-state index contributed by atoms with van der Waals surface area (Å²) in [6.07, 6.45) is 2.02. The van der Waals surface area contributed by atoms with E-state index in [1.807, 2.05) is 0 Å². The van der Waals surface area contributed by atoms with E-state index in [-0.39, 0.29) is 24.7 Å². The molecule has 0 N–H and O–H groups in total. The summed E-state index contributed by atoms with van der Waals surface area (Å²) in [6, 6.07) is 0. The van der Waals surface area contributed by atoms with E-state index in [0.29, 0.717) is 19.8 Å². The second kappa shape index (κ2) is 12.1. The molecule has 19 heavy (non-hydrogen) atoms. The molecule has 0 aromatic rings. The highest BCUT2D eigenvalue weighted by Crippen LogP contribution is 2.00. The van der Waals surface area contributed by atoms with E-state index >= 15 is 0 Å². The van der Waals surface area contributed by atoms with Crippen LogP contribution in [0.1, 0.15) is 40.0 Å². The fourth-order valence-electron chi connectivity index (χ4n) is 1.18. The van der Waals surface area contributed by atoms with E-state index in [2.05, 4.69) is 6.92 Å². The average molecular weight is 274 g/mol. The number of Topliss-reactive ketones (excluding diaryl/α,β-unsaturated/α-hetero) is 1. The summed E-state index contributed by atoms with van der Waals surface area (Å²) >= 11 is 0. The van der Waals surface area contributed by atoms with Crippen molar-refractivity contribution < 1.29 is 23.8 Å². The molecule has 0 saturated carbocycles. The maximum Gasteiger partial charge on any atom is 0.313 e. The minimum absolute atomic E-state index is 0.102. The molecule has 0 aliphatic rings. The third-order valence-corrected chi connectivity index (χ3v) is 2.47. The lowest BCUT2D eigenvalue weighted by molar-refractivity contribution is -0.148. The van der Waals surface area contributed by atoms with E-state index in [0.717, 1.165) is 19.4 Å². The Morgan fingerprint density at radius 2 is 1.53 bits per heavy atom. The zero-order valence-corrected chi connectivity index (χ0v) is 12.3. The van der Waals surface area contributed by atoms with Gasteiger partial charge in [0.1, 0.15) is 18.8 Å². The van der Waals surface area contributed by atoms with E-state index in [9.17, 15) is 9.59 Å². The molecule has 0 unspecified atom stereocenters. The van der Waals surface area contributed by atoms with Crippen LogP contribution in [-0.4, -0.2) is 44.8 Å². The highest BCUT2D eigenvalue weighted by atomic mass is 16.6. The Balaban J connectivity index is 3.30. The van der Waals surface area contributed by atoms with Gasteiger partial charge in [-0.1, -0.05) is 27.2 Å². The number of hydrogen-bond donors (Lipinski definition) is 0. The molecule has 0 aromatic heterocycles. The fourth-order valence-corrected chi connectivity index (χ4v) is 1.18. The first-order valence-corrected chi connectivity index (χ1v) is 6.91. The van der Waals surface area contributed by atoms with Crippen molar-refractivity contribution in [2.45, 2.75) is 40.0 Å². The predicted octanol–water partition coefficient (Wildman–Crippen LogP) is 1.98. The first-order valence-electron chi connectivity index (χ1n) is 6.91. The molecule has 0 atom stereocenters. The second-order valence-corrected chi connectivity index (χ2v) is 4.60. The second-order valence-electron chi connectivity index (χ2n) is 4.60. The third-order valence-electron chi connectivity index (χ3n) is 2.47. The van der Waals surface area contributed by atoms with E-state index in [1.54, 1.807) is 13.8 Å². The van der Waals surface area contributed by atoms with Gasteiger partial charge in [-0.2, -0.15) is 0 Å². The summed E-state index contributed by atoms with van der Waals surface area (Å²) in [5, 5.41) is 0. The average Bonchev–Trinajstić information content (AvgIpc) is 2.36. The van der Waals surface area contributed by atoms with Crippen molar-refractivity contribution in [1.29, 1.82) is 0 Å². The summed E-state index contributed by atoms with van der Waals surface area (Å²) in [5.41, 5.74) is 0. The van der Waals surface area contributed by atoms with Gasteiger partial charge in [-0.05, 0) is 6.42 Å². The Hall–Kier alpha value is -0.940. The summed E-state index contributed by atoms with van der Waals surface area (Å²) < 4.78 is 15.4. The molecule has 0 radical (unpaired) electrons. The topological polar surface area (TPSA) is 61.8 Å². The number of carbonyl (C=O) groups is 2. The molecule has 0 fully saturated rings. The molecule has 0 heterocycles. The van der Waals surface area contributed by atoms with Crippen molar-refractivity contribution in [2.75, 3.05) is 33.0 Å². The van der Waals surface area contributed by atoms with Gasteiger partial charge in [0.05, 0.1) is 19.8 Å². The van der Waals surface area contributed by atoms with Crippen molar-refractivity contribution in [3.05, 3.63) is 0 Å². The van der Waals surface area contributed by atoms with Gasteiger partial charge >= 0.3 is 5.97 Å². The Labute approximate surface area is 115 Å². The highest BCUT2D eigenvalue weighted by Gasteiger charge is 2.13. The van der Waals surface area contributed by atoms with Crippen LogP contribution in [0.25, 0.3) is 0 Å². The van der Waals surface area contributed by atoms with Crippen LogP contribution in [-0.2, 0) is 23.8 Å². The summed E-state index contributed by atoms with van der Waals surface area (Å²) in [6.45, 7) is 7.95. The van der Waals surface area contributed by atoms with E-state index in [4.69, 9.17) is 14.2 Å². The molecule has 0 amide bonds. The molecule has 112 valence electrons. The number of ketones is 1. The molecular formula is C14H26O5. The van der Waals surface area contributed by atoms with Gasteiger partial charge < -0.3 is 14.2 Å². The third kappa shape index (κ3) is 11.9. The number of ether oxygens (including phenoxy) is 3. The lowest BCUT2D eigenvalue weighted by Gasteiger charge is -2.07. The highest BCUT2D eigenvalue weighted by molar-refractivity contribution is 5.96. The maximum atomic E-state index is 11.3. The number of carbonyl (C=O) groups excluding carboxylic acids is 2. The number of rotatable bonds is 12. The van der Waals surface area contributed by atoms with Crippen LogP contribution in [0, 0.1) is 5.92 Å². The lowest BCUT2D eigenvalue weighted by atomic mass is 10.1. The summed E-state index contributed by atoms with van der Waals surface area (Å²) in [7, 11) is 0. The van der Waals surface area contributed by atoms with Gasteiger partial charge in [-0.25, -0.2) is 0 Å². The normalized spacial score (nSPS) is 10.7. The molecule has 0 rings (SSSR count). The molecule has 0 aliphatic heterocycles. The van der Waals surface area contributed by atoms with Gasteiger partial charge in [-0.15, -0.1) is 0 Å². The number of unbranched alkanes of at least 4 members (excludes halogenated alkanes) is 1. The van der Waals surface area contributed by atoms with Crippen molar-refractivity contribution in [3.63, 3.8) is 0 Å². The van der Waals surface area contributed by atoms with Crippen molar-refractivity contribution in [3.8, 4) is 0 Å². The van der Waals surface area contributed by atoms with Gasteiger partial charge in [0.2, 0.25) is 0 Å². The van der Waals surface area contributed by atoms with Gasteiger partial charge in [0.25, 0.3) is 0 Å². The molecule has 0 spiro atoms. The predicted molar refractivity (Wildman–Crippen MR) is 72.0 cm³/mol. The molecule has 0 aromatic carbocycles. The van der Waals surface area contributed by atoms with Crippen molar-refractivity contribution in [1.82, 2.24) is 0 Å². The van der Waals surface area contributed by atoms with Crippen LogP contribution in [0.4, 0.5) is 0 Å². The molecular weight excluding hydrogens is 248 g/mol. The SMILES string of the molecule is CCCCOCCOCCOC(=O)CC(=O)C(C)C. The summed E-state index contributed by atoms with van der Waals surface area (Å²) in [4.78, 5) is 22.5. The van der Waals surface area contributed by atoms with Gasteiger partial charge in [0.15, 0.2) is 0 Å². The minimum Gasteiger partial charge on any atom is -0.463 e. The molecule has 5 nitrogen and oxygen atoms in total. The molecule has 0 aliphatic carbocycles. The van der Waals surface area contributed by atoms with Crippen LogP contribution >= 0.6 is 0 Å². The Morgan fingerprint density at radius 3 is 2.11 bits per heavy atom. The fraction of sp³-hybridized carbons (Fsp3) is 0.857. The van der Waals surface area contributed by atoms with Gasteiger partial charge in [0, 0.05) is 12.5 Å². The maximum absolute atomic E-state index is 11.3. The first-order chi connectivity index (χ1) is 9.07. The quantitative estimate of drug-likeness (QED) is 0.309. The molecule has 0 bridgehead atoms. The van der Waals surface area contributed by atoms with Gasteiger partial charge in [-0.3, -0.25) is 9.59 Å². The van der Waals surface area contributed by atoms with Crippen molar-refractivity contribution >= 4 is 11.8 Å². The van der Waals surface area contributed by atoms with E-state index in [1.165, 1.54) is 0 Å². The van der Waals surface area contributed by atoms with Crippen LogP contribution in [0.3, 0.4) is 0 Å². The Bertz CT molecular complexity index is 250. The standard InChI is InChI=1S/C14H26O5/c1-4-5-6-17-7-8-18-9-10-19-14(16)11-13(15)12(2)3/h12H,4-11H2,1-3H3. The smallest absolute Gasteiger partial charge is 0.313 e. The number of esters is 1. The zero-order chi connectivity index (χ0) is 14.5. The van der Waals surface area contributed by atoms with Crippen LogP contribution in [0.2, 0.25) is 0 Å². The zero-order valence-electron chi connectivity index (χ0n) is 12.3. The summed E-state index contributed by atoms with van der Waals surface area (Å²) in [5.74, 6) is -0.721. The molecule has 5 heteroatoms. The van der Waals surface area contributed by atoms with Crippen LogP contribution < -0.4 is 0 Å². The minimum atomic E-state index is -0.485. The monoisotopic (exact) mass is 274 g/mol.